The molecule has 0 N–H and O–H groups in total. The zero-order chi connectivity index (χ0) is 20.5. The van der Waals surface area contributed by atoms with Crippen molar-refractivity contribution in [2.24, 2.45) is 0 Å². The van der Waals surface area contributed by atoms with Crippen LogP contribution in [0.4, 0.5) is 8.78 Å². The predicted molar refractivity (Wildman–Crippen MR) is 96.2 cm³/mol. The average molecular weight is 392 g/mol. The molecule has 148 valence electrons. The Hall–Kier alpha value is -3.42. The van der Waals surface area contributed by atoms with Crippen molar-refractivity contribution in [3.63, 3.8) is 0 Å². The molecule has 0 spiro atoms. The van der Waals surface area contributed by atoms with Crippen LogP contribution >= 0.6 is 0 Å². The van der Waals surface area contributed by atoms with Gasteiger partial charge in [-0.2, -0.15) is 8.78 Å². The van der Waals surface area contributed by atoms with Crippen molar-refractivity contribution in [1.82, 2.24) is 0 Å². The van der Waals surface area contributed by atoms with E-state index in [0.29, 0.717) is 11.1 Å². The van der Waals surface area contributed by atoms with Crippen LogP contribution in [-0.4, -0.2) is 32.8 Å². The fraction of sp³-hybridized carbons (Fsp3) is 0.200. The Balaban J connectivity index is 2.01. The van der Waals surface area contributed by atoms with Gasteiger partial charge in [-0.15, -0.1) is 0 Å². The van der Waals surface area contributed by atoms with E-state index < -0.39 is 18.6 Å². The maximum absolute atomic E-state index is 12.6. The highest BCUT2D eigenvalue weighted by molar-refractivity contribution is 5.89. The van der Waals surface area contributed by atoms with E-state index in [2.05, 4.69) is 9.47 Å². The smallest absolute Gasteiger partial charge is 0.387 e. The number of carbonyl (C=O) groups excluding carboxylic acids is 2. The second-order valence-corrected chi connectivity index (χ2v) is 5.39. The number of hydrogen-bond donors (Lipinski definition) is 0. The van der Waals surface area contributed by atoms with E-state index in [1.54, 1.807) is 30.3 Å². The van der Waals surface area contributed by atoms with E-state index in [4.69, 9.17) is 9.47 Å². The van der Waals surface area contributed by atoms with Crippen LogP contribution in [0.2, 0.25) is 0 Å². The predicted octanol–water partition coefficient (Wildman–Crippen LogP) is 3.84. The Labute approximate surface area is 160 Å². The van der Waals surface area contributed by atoms with Gasteiger partial charge >= 0.3 is 18.6 Å². The lowest BCUT2D eigenvalue weighted by Crippen LogP contribution is -2.05. The molecule has 0 aliphatic heterocycles. The molecule has 6 nitrogen and oxygen atoms in total. The van der Waals surface area contributed by atoms with Gasteiger partial charge in [-0.3, -0.25) is 0 Å². The highest BCUT2D eigenvalue weighted by Gasteiger charge is 2.14. The fourth-order valence-corrected chi connectivity index (χ4v) is 2.26. The first-order valence-corrected chi connectivity index (χ1v) is 8.08. The molecule has 0 aliphatic rings. The van der Waals surface area contributed by atoms with Crippen LogP contribution in [0.25, 0.3) is 6.08 Å². The molecule has 0 heterocycles. The number of carbonyl (C=O) groups is 2. The Morgan fingerprint density at radius 1 is 1.07 bits per heavy atom. The minimum atomic E-state index is -3.04. The number of methoxy groups -OCH3 is 2. The normalized spacial score (nSPS) is 10.8. The lowest BCUT2D eigenvalue weighted by Gasteiger charge is -2.12. The molecule has 0 radical (unpaired) electrons. The molecule has 0 bridgehead atoms. The third-order valence-corrected chi connectivity index (χ3v) is 3.59. The first-order valence-electron chi connectivity index (χ1n) is 8.08. The number of halogens is 2. The monoisotopic (exact) mass is 392 g/mol. The summed E-state index contributed by atoms with van der Waals surface area (Å²) in [5, 5.41) is 0. The van der Waals surface area contributed by atoms with Gasteiger partial charge < -0.3 is 18.9 Å². The van der Waals surface area contributed by atoms with Crippen molar-refractivity contribution >= 4 is 18.0 Å². The Morgan fingerprint density at radius 2 is 1.79 bits per heavy atom. The number of rotatable bonds is 8. The minimum Gasteiger partial charge on any atom is -0.493 e. The topological polar surface area (TPSA) is 71.1 Å². The molecule has 0 unspecified atom stereocenters. The molecule has 0 saturated carbocycles. The van der Waals surface area contributed by atoms with Gasteiger partial charge in [0.2, 0.25) is 0 Å². The van der Waals surface area contributed by atoms with E-state index in [0.717, 1.165) is 6.08 Å². The summed E-state index contributed by atoms with van der Waals surface area (Å²) in [6.07, 6.45) is 2.39. The van der Waals surface area contributed by atoms with Crippen LogP contribution in [0.3, 0.4) is 0 Å². The van der Waals surface area contributed by atoms with Gasteiger partial charge in [0, 0.05) is 11.6 Å². The van der Waals surface area contributed by atoms with Gasteiger partial charge in [0.15, 0.2) is 11.5 Å². The summed E-state index contributed by atoms with van der Waals surface area (Å²) in [7, 11) is 2.60. The van der Waals surface area contributed by atoms with E-state index in [-0.39, 0.29) is 23.7 Å². The van der Waals surface area contributed by atoms with Gasteiger partial charge in [0.1, 0.15) is 6.61 Å². The molecule has 2 aromatic carbocycles. The van der Waals surface area contributed by atoms with Crippen molar-refractivity contribution in [2.45, 2.75) is 13.2 Å². The summed E-state index contributed by atoms with van der Waals surface area (Å²) in [4.78, 5) is 23.3. The first-order chi connectivity index (χ1) is 13.4. The van der Waals surface area contributed by atoms with Crippen LogP contribution in [0.5, 0.6) is 11.5 Å². The Kier molecular flexibility index (Phi) is 7.50. The molecule has 0 aliphatic carbocycles. The van der Waals surface area contributed by atoms with E-state index in [1.807, 2.05) is 0 Å². The SMILES string of the molecule is COC(=O)c1ccc(COC(=O)/C=C/c2cccc(OC)c2OC(F)F)cc1. The van der Waals surface area contributed by atoms with Crippen molar-refractivity contribution in [1.29, 1.82) is 0 Å². The lowest BCUT2D eigenvalue weighted by atomic mass is 10.1. The molecule has 28 heavy (non-hydrogen) atoms. The summed E-state index contributed by atoms with van der Waals surface area (Å²) in [5.74, 6) is -1.21. The molecular weight excluding hydrogens is 374 g/mol. The van der Waals surface area contributed by atoms with Crippen molar-refractivity contribution in [3.8, 4) is 11.5 Å². The second kappa shape index (κ2) is 10.1. The number of alkyl halides is 2. The van der Waals surface area contributed by atoms with E-state index >= 15 is 0 Å². The zero-order valence-corrected chi connectivity index (χ0v) is 15.2. The highest BCUT2D eigenvalue weighted by atomic mass is 19.3. The second-order valence-electron chi connectivity index (χ2n) is 5.39. The molecule has 0 fully saturated rings. The molecule has 8 heteroatoms. The van der Waals surface area contributed by atoms with Crippen LogP contribution in [-0.2, 0) is 20.9 Å². The summed E-state index contributed by atoms with van der Waals surface area (Å²) in [5.41, 5.74) is 1.28. The number of para-hydroxylation sites is 1. The van der Waals surface area contributed by atoms with Gasteiger partial charge in [-0.1, -0.05) is 24.3 Å². The summed E-state index contributed by atoms with van der Waals surface area (Å²) in [6.45, 7) is -3.06. The maximum Gasteiger partial charge on any atom is 0.387 e. The quantitative estimate of drug-likeness (QED) is 0.502. The number of ether oxygens (including phenoxy) is 4. The summed E-state index contributed by atoms with van der Waals surface area (Å²) < 4.78 is 44.4. The van der Waals surface area contributed by atoms with Crippen LogP contribution in [0.1, 0.15) is 21.5 Å². The highest BCUT2D eigenvalue weighted by Crippen LogP contribution is 2.33. The largest absolute Gasteiger partial charge is 0.493 e. The standard InChI is InChI=1S/C20H18F2O6/c1-25-16-5-3-4-14(18(16)28-20(21)22)10-11-17(23)27-12-13-6-8-15(9-7-13)19(24)26-2/h3-11,20H,12H2,1-2H3/b11-10+. The average Bonchev–Trinajstić information content (AvgIpc) is 2.70. The third-order valence-electron chi connectivity index (χ3n) is 3.59. The molecule has 0 saturated heterocycles. The number of hydrogen-bond acceptors (Lipinski definition) is 6. The van der Waals surface area contributed by atoms with Gasteiger partial charge in [-0.25, -0.2) is 9.59 Å². The van der Waals surface area contributed by atoms with Crippen molar-refractivity contribution in [3.05, 3.63) is 65.2 Å². The van der Waals surface area contributed by atoms with Gasteiger partial charge in [0.25, 0.3) is 0 Å². The molecule has 2 rings (SSSR count). The fourth-order valence-electron chi connectivity index (χ4n) is 2.26. The summed E-state index contributed by atoms with van der Waals surface area (Å²) in [6, 6.07) is 10.9. The molecular formula is C20H18F2O6. The lowest BCUT2D eigenvalue weighted by molar-refractivity contribution is -0.138. The zero-order valence-electron chi connectivity index (χ0n) is 15.2. The minimum absolute atomic E-state index is 0.0247. The third kappa shape index (κ3) is 5.80. The number of esters is 2. The van der Waals surface area contributed by atoms with Crippen LogP contribution in [0.15, 0.2) is 48.5 Å². The van der Waals surface area contributed by atoms with Crippen LogP contribution in [0, 0.1) is 0 Å². The molecule has 0 aromatic heterocycles. The molecule has 2 aromatic rings. The van der Waals surface area contributed by atoms with Crippen molar-refractivity contribution < 1.29 is 37.3 Å². The van der Waals surface area contributed by atoms with E-state index in [1.165, 1.54) is 32.4 Å². The number of benzene rings is 2. The maximum atomic E-state index is 12.6. The van der Waals surface area contributed by atoms with Gasteiger partial charge in [-0.05, 0) is 29.8 Å². The molecule has 0 amide bonds. The Morgan fingerprint density at radius 3 is 2.39 bits per heavy atom. The first kappa shape index (κ1) is 20.9. The van der Waals surface area contributed by atoms with Crippen molar-refractivity contribution in [2.75, 3.05) is 14.2 Å². The Bertz CT molecular complexity index is 846. The summed E-state index contributed by atoms with van der Waals surface area (Å²) >= 11 is 0. The van der Waals surface area contributed by atoms with Crippen LogP contribution < -0.4 is 9.47 Å². The van der Waals surface area contributed by atoms with Gasteiger partial charge in [0.05, 0.1) is 19.8 Å². The van der Waals surface area contributed by atoms with E-state index in [9.17, 15) is 18.4 Å². The molecule has 0 atom stereocenters.